The molecule has 1 aromatic carbocycles. The molecule has 0 saturated heterocycles. The lowest BCUT2D eigenvalue weighted by atomic mass is 10.2. The van der Waals surface area contributed by atoms with Crippen molar-refractivity contribution in [2.45, 2.75) is 33.0 Å². The van der Waals surface area contributed by atoms with Crippen molar-refractivity contribution in [3.63, 3.8) is 0 Å². The van der Waals surface area contributed by atoms with Gasteiger partial charge in [-0.25, -0.2) is 4.68 Å². The number of halogens is 2. The highest BCUT2D eigenvalue weighted by Gasteiger charge is 2.12. The summed E-state index contributed by atoms with van der Waals surface area (Å²) in [5.74, 6) is 0.268. The number of nitrogens with zero attached hydrogens (tertiary/aromatic N) is 2. The van der Waals surface area contributed by atoms with Gasteiger partial charge < -0.3 is 10.1 Å². The Hall–Kier alpha value is -1.72. The Labute approximate surface area is 139 Å². The molecule has 0 spiro atoms. The summed E-state index contributed by atoms with van der Waals surface area (Å²) in [6.45, 7) is 4.09. The fraction of sp³-hybridized carbons (Fsp3) is 0.333. The zero-order chi connectivity index (χ0) is 16.1. The largest absolute Gasteiger partial charge is 0.470 e. The van der Waals surface area contributed by atoms with Gasteiger partial charge in [-0.15, -0.1) is 0 Å². The number of carbonyl (C=O) groups excluding carboxylic acids is 1. The summed E-state index contributed by atoms with van der Waals surface area (Å²) in [6, 6.07) is 6.90. The summed E-state index contributed by atoms with van der Waals surface area (Å²) in [5.41, 5.74) is 0.348. The molecule has 0 aliphatic rings. The van der Waals surface area contributed by atoms with Crippen LogP contribution in [0.1, 0.15) is 30.8 Å². The fourth-order valence-electron chi connectivity index (χ4n) is 1.69. The monoisotopic (exact) mass is 341 g/mol. The first kappa shape index (κ1) is 16.6. The van der Waals surface area contributed by atoms with E-state index in [-0.39, 0.29) is 18.7 Å². The molecule has 7 heteroatoms. The number of carbonyl (C=O) groups is 1. The van der Waals surface area contributed by atoms with E-state index in [0.29, 0.717) is 21.5 Å². The van der Waals surface area contributed by atoms with Crippen molar-refractivity contribution < 1.29 is 9.53 Å². The SMILES string of the molecule is CCC(C)NC(=O)c1ccn(COc2cccc(Cl)c2Cl)n1. The third-order valence-corrected chi connectivity index (χ3v) is 3.93. The van der Waals surface area contributed by atoms with Gasteiger partial charge in [0.2, 0.25) is 0 Å². The second-order valence-corrected chi connectivity index (χ2v) is 5.63. The minimum atomic E-state index is -0.200. The third-order valence-electron chi connectivity index (χ3n) is 3.13. The van der Waals surface area contributed by atoms with E-state index in [1.54, 1.807) is 30.5 Å². The summed E-state index contributed by atoms with van der Waals surface area (Å²) in [7, 11) is 0. The lowest BCUT2D eigenvalue weighted by molar-refractivity contribution is 0.0932. The molecule has 2 aromatic rings. The second-order valence-electron chi connectivity index (χ2n) is 4.85. The molecule has 0 fully saturated rings. The number of ether oxygens (including phenoxy) is 1. The van der Waals surface area contributed by atoms with Gasteiger partial charge >= 0.3 is 0 Å². The summed E-state index contributed by atoms with van der Waals surface area (Å²) in [5, 5.41) is 7.80. The fourth-order valence-corrected chi connectivity index (χ4v) is 2.03. The maximum absolute atomic E-state index is 11.9. The van der Waals surface area contributed by atoms with Crippen molar-refractivity contribution in [3.05, 3.63) is 46.2 Å². The van der Waals surface area contributed by atoms with Gasteiger partial charge in [-0.2, -0.15) is 5.10 Å². The first-order valence-corrected chi connectivity index (χ1v) is 7.68. The van der Waals surface area contributed by atoms with E-state index in [4.69, 9.17) is 27.9 Å². The Balaban J connectivity index is 1.97. The van der Waals surface area contributed by atoms with Gasteiger partial charge in [0.05, 0.1) is 5.02 Å². The van der Waals surface area contributed by atoms with Crippen LogP contribution in [-0.4, -0.2) is 21.7 Å². The maximum Gasteiger partial charge on any atom is 0.271 e. The molecule has 1 aromatic heterocycles. The number of nitrogens with one attached hydrogen (secondary N) is 1. The quantitative estimate of drug-likeness (QED) is 0.870. The molecule has 0 saturated carbocycles. The number of rotatable bonds is 6. The lowest BCUT2D eigenvalue weighted by Crippen LogP contribution is -2.32. The molecular weight excluding hydrogens is 325 g/mol. The van der Waals surface area contributed by atoms with Crippen LogP contribution in [0, 0.1) is 0 Å². The zero-order valence-electron chi connectivity index (χ0n) is 12.3. The molecule has 1 atom stereocenters. The predicted octanol–water partition coefficient (Wildman–Crippen LogP) is 3.75. The lowest BCUT2D eigenvalue weighted by Gasteiger charge is -2.10. The van der Waals surface area contributed by atoms with Crippen molar-refractivity contribution in [1.82, 2.24) is 15.1 Å². The highest BCUT2D eigenvalue weighted by molar-refractivity contribution is 6.42. The van der Waals surface area contributed by atoms with Gasteiger partial charge in [0, 0.05) is 12.2 Å². The van der Waals surface area contributed by atoms with E-state index in [1.807, 2.05) is 13.8 Å². The van der Waals surface area contributed by atoms with Gasteiger partial charge in [-0.3, -0.25) is 4.79 Å². The van der Waals surface area contributed by atoms with Crippen LogP contribution in [0.4, 0.5) is 0 Å². The van der Waals surface area contributed by atoms with Crippen LogP contribution in [0.15, 0.2) is 30.5 Å². The standard InChI is InChI=1S/C15H17Cl2N3O2/c1-3-10(2)18-15(21)12-7-8-20(19-12)9-22-13-6-4-5-11(16)14(13)17/h4-8,10H,3,9H2,1-2H3,(H,18,21). The predicted molar refractivity (Wildman–Crippen MR) is 86.5 cm³/mol. The summed E-state index contributed by atoms with van der Waals surface area (Å²) < 4.78 is 7.07. The van der Waals surface area contributed by atoms with Crippen molar-refractivity contribution in [1.29, 1.82) is 0 Å². The number of hydrogen-bond acceptors (Lipinski definition) is 3. The van der Waals surface area contributed by atoms with Gasteiger partial charge in [0.25, 0.3) is 5.91 Å². The van der Waals surface area contributed by atoms with E-state index in [0.717, 1.165) is 6.42 Å². The van der Waals surface area contributed by atoms with Crippen LogP contribution < -0.4 is 10.1 Å². The van der Waals surface area contributed by atoms with Gasteiger partial charge in [-0.05, 0) is 31.5 Å². The molecule has 0 aliphatic carbocycles. The van der Waals surface area contributed by atoms with Gasteiger partial charge in [-0.1, -0.05) is 36.2 Å². The van der Waals surface area contributed by atoms with Gasteiger partial charge in [0.15, 0.2) is 6.73 Å². The minimum Gasteiger partial charge on any atom is -0.470 e. The molecule has 0 aliphatic heterocycles. The van der Waals surface area contributed by atoms with Crippen LogP contribution in [0.5, 0.6) is 5.75 Å². The van der Waals surface area contributed by atoms with Crippen molar-refractivity contribution in [2.24, 2.45) is 0 Å². The molecule has 0 radical (unpaired) electrons. The second kappa shape index (κ2) is 7.51. The molecule has 2 rings (SSSR count). The summed E-state index contributed by atoms with van der Waals surface area (Å²) >= 11 is 12.0. The minimum absolute atomic E-state index is 0.110. The molecule has 1 N–H and O–H groups in total. The normalized spacial score (nSPS) is 12.0. The topological polar surface area (TPSA) is 56.2 Å². The number of aromatic nitrogens is 2. The maximum atomic E-state index is 11.9. The summed E-state index contributed by atoms with van der Waals surface area (Å²) in [6.07, 6.45) is 2.53. The number of benzene rings is 1. The molecular formula is C15H17Cl2N3O2. The Morgan fingerprint density at radius 2 is 2.18 bits per heavy atom. The smallest absolute Gasteiger partial charge is 0.271 e. The van der Waals surface area contributed by atoms with Crippen LogP contribution in [-0.2, 0) is 6.73 Å². The van der Waals surface area contributed by atoms with Crippen molar-refractivity contribution in [2.75, 3.05) is 0 Å². The average molecular weight is 342 g/mol. The highest BCUT2D eigenvalue weighted by Crippen LogP contribution is 2.31. The van der Waals surface area contributed by atoms with E-state index in [9.17, 15) is 4.79 Å². The molecule has 1 amide bonds. The Morgan fingerprint density at radius 3 is 2.91 bits per heavy atom. The molecule has 22 heavy (non-hydrogen) atoms. The molecule has 1 unspecified atom stereocenters. The average Bonchev–Trinajstić information content (AvgIpc) is 2.97. The van der Waals surface area contributed by atoms with Crippen LogP contribution in [0.25, 0.3) is 0 Å². The molecule has 118 valence electrons. The number of amides is 1. The first-order valence-electron chi connectivity index (χ1n) is 6.92. The van der Waals surface area contributed by atoms with Crippen LogP contribution in [0.2, 0.25) is 10.0 Å². The van der Waals surface area contributed by atoms with Crippen LogP contribution >= 0.6 is 23.2 Å². The number of hydrogen-bond donors (Lipinski definition) is 1. The first-order chi connectivity index (χ1) is 10.5. The molecule has 1 heterocycles. The Morgan fingerprint density at radius 1 is 1.41 bits per heavy atom. The van der Waals surface area contributed by atoms with Crippen LogP contribution in [0.3, 0.4) is 0 Å². The Kier molecular flexibility index (Phi) is 5.69. The Bertz CT molecular complexity index is 658. The zero-order valence-corrected chi connectivity index (χ0v) is 13.9. The van der Waals surface area contributed by atoms with E-state index >= 15 is 0 Å². The van der Waals surface area contributed by atoms with Gasteiger partial charge in [0.1, 0.15) is 16.5 Å². The molecule has 0 bridgehead atoms. The summed E-state index contributed by atoms with van der Waals surface area (Å²) in [4.78, 5) is 11.9. The van der Waals surface area contributed by atoms with Crippen molar-refractivity contribution >= 4 is 29.1 Å². The highest BCUT2D eigenvalue weighted by atomic mass is 35.5. The van der Waals surface area contributed by atoms with Crippen molar-refractivity contribution in [3.8, 4) is 5.75 Å². The molecule has 5 nitrogen and oxygen atoms in total. The van der Waals surface area contributed by atoms with E-state index in [1.165, 1.54) is 4.68 Å². The van der Waals surface area contributed by atoms with E-state index in [2.05, 4.69) is 10.4 Å². The van der Waals surface area contributed by atoms with E-state index < -0.39 is 0 Å². The third kappa shape index (κ3) is 4.15.